The van der Waals surface area contributed by atoms with Crippen molar-refractivity contribution in [1.82, 2.24) is 0 Å². The van der Waals surface area contributed by atoms with Gasteiger partial charge in [-0.1, -0.05) is 0 Å². The molecule has 18 heavy (non-hydrogen) atoms. The second kappa shape index (κ2) is 3.89. The van der Waals surface area contributed by atoms with Crippen LogP contribution in [0.5, 0.6) is 0 Å². The molecule has 1 N–H and O–H groups in total. The highest BCUT2D eigenvalue weighted by Gasteiger charge is 2.38. The quantitative estimate of drug-likeness (QED) is 0.837. The lowest BCUT2D eigenvalue weighted by atomic mass is 9.94. The van der Waals surface area contributed by atoms with E-state index in [-0.39, 0.29) is 5.56 Å². The first-order valence-corrected chi connectivity index (χ1v) is 5.32. The zero-order valence-corrected chi connectivity index (χ0v) is 9.62. The fourth-order valence-corrected chi connectivity index (χ4v) is 2.02. The zero-order valence-electron chi connectivity index (χ0n) is 9.62. The number of hydrogen-bond acceptors (Lipinski definition) is 3. The summed E-state index contributed by atoms with van der Waals surface area (Å²) >= 11 is 0. The van der Waals surface area contributed by atoms with Gasteiger partial charge < -0.3 is 10.0 Å². The van der Waals surface area contributed by atoms with Gasteiger partial charge in [0.25, 0.3) is 0 Å². The Morgan fingerprint density at radius 3 is 2.44 bits per heavy atom. The van der Waals surface area contributed by atoms with Crippen LogP contribution >= 0.6 is 0 Å². The summed E-state index contributed by atoms with van der Waals surface area (Å²) in [4.78, 5) is 1.68. The molecule has 0 radical (unpaired) electrons. The van der Waals surface area contributed by atoms with Gasteiger partial charge in [0, 0.05) is 13.1 Å². The van der Waals surface area contributed by atoms with Crippen molar-refractivity contribution in [3.63, 3.8) is 0 Å². The first-order valence-electron chi connectivity index (χ1n) is 5.32. The Hall–Kier alpha value is -1.74. The van der Waals surface area contributed by atoms with Crippen LogP contribution in [0, 0.1) is 11.3 Å². The Kier molecular flexibility index (Phi) is 2.74. The van der Waals surface area contributed by atoms with Crippen molar-refractivity contribution in [1.29, 1.82) is 5.26 Å². The van der Waals surface area contributed by atoms with Crippen LogP contribution in [0.3, 0.4) is 0 Å². The van der Waals surface area contributed by atoms with Crippen LogP contribution in [0.1, 0.15) is 18.1 Å². The van der Waals surface area contributed by atoms with Gasteiger partial charge in [0.05, 0.1) is 22.4 Å². The monoisotopic (exact) mass is 256 g/mol. The second-order valence-corrected chi connectivity index (χ2v) is 4.69. The van der Waals surface area contributed by atoms with Crippen molar-refractivity contribution in [2.24, 2.45) is 0 Å². The van der Waals surface area contributed by atoms with Crippen LogP contribution in [-0.4, -0.2) is 23.8 Å². The molecule has 6 heteroatoms. The molecule has 1 heterocycles. The number of halogens is 3. The minimum atomic E-state index is -4.45. The number of aliphatic hydroxyl groups is 1. The Morgan fingerprint density at radius 1 is 1.39 bits per heavy atom. The lowest BCUT2D eigenvalue weighted by Gasteiger charge is -2.46. The van der Waals surface area contributed by atoms with E-state index in [0.29, 0.717) is 18.8 Å². The molecule has 0 saturated carbocycles. The largest absolute Gasteiger partial charge is 0.416 e. The van der Waals surface area contributed by atoms with E-state index in [1.54, 1.807) is 17.9 Å². The van der Waals surface area contributed by atoms with E-state index in [2.05, 4.69) is 0 Å². The minimum Gasteiger partial charge on any atom is -0.386 e. The fourth-order valence-electron chi connectivity index (χ4n) is 2.02. The molecule has 1 aromatic carbocycles. The van der Waals surface area contributed by atoms with Gasteiger partial charge in [-0.15, -0.1) is 0 Å². The number of nitriles is 1. The Bertz CT molecular complexity index is 509. The van der Waals surface area contributed by atoms with Gasteiger partial charge in [0.2, 0.25) is 0 Å². The van der Waals surface area contributed by atoms with Crippen molar-refractivity contribution in [2.75, 3.05) is 18.0 Å². The summed E-state index contributed by atoms with van der Waals surface area (Å²) in [7, 11) is 0. The molecular formula is C12H11F3N2O. The maximum Gasteiger partial charge on any atom is 0.416 e. The highest BCUT2D eigenvalue weighted by Crippen LogP contribution is 2.35. The minimum absolute atomic E-state index is 0.0275. The second-order valence-electron chi connectivity index (χ2n) is 4.69. The van der Waals surface area contributed by atoms with Crippen molar-refractivity contribution >= 4 is 5.69 Å². The molecule has 0 atom stereocenters. The van der Waals surface area contributed by atoms with Crippen molar-refractivity contribution in [2.45, 2.75) is 18.7 Å². The molecule has 0 unspecified atom stereocenters. The number of alkyl halides is 3. The number of rotatable bonds is 1. The molecule has 0 spiro atoms. The Labute approximate surface area is 102 Å². The van der Waals surface area contributed by atoms with Crippen LogP contribution in [0.15, 0.2) is 18.2 Å². The van der Waals surface area contributed by atoms with E-state index in [4.69, 9.17) is 5.26 Å². The number of nitrogens with zero attached hydrogens (tertiary/aromatic N) is 2. The maximum atomic E-state index is 12.5. The summed E-state index contributed by atoms with van der Waals surface area (Å²) in [6.07, 6.45) is -4.45. The van der Waals surface area contributed by atoms with Gasteiger partial charge in [-0.25, -0.2) is 0 Å². The van der Waals surface area contributed by atoms with Crippen LogP contribution < -0.4 is 4.90 Å². The SMILES string of the molecule is CC1(O)CN(c2ccc(C(F)(F)F)cc2C#N)C1. The van der Waals surface area contributed by atoms with Gasteiger partial charge in [-0.2, -0.15) is 18.4 Å². The van der Waals surface area contributed by atoms with E-state index in [1.165, 1.54) is 6.07 Å². The normalized spacial score (nSPS) is 18.1. The van der Waals surface area contributed by atoms with Crippen LogP contribution in [0.25, 0.3) is 0 Å². The Morgan fingerprint density at radius 2 is 2.00 bits per heavy atom. The van der Waals surface area contributed by atoms with Crippen molar-refractivity contribution < 1.29 is 18.3 Å². The third-order valence-electron chi connectivity index (χ3n) is 2.85. The summed E-state index contributed by atoms with van der Waals surface area (Å²) in [6.45, 7) is 2.26. The van der Waals surface area contributed by atoms with Crippen molar-refractivity contribution in [3.8, 4) is 6.07 Å². The molecular weight excluding hydrogens is 245 g/mol. The molecule has 1 aliphatic heterocycles. The summed E-state index contributed by atoms with van der Waals surface area (Å²) < 4.78 is 37.5. The highest BCUT2D eigenvalue weighted by atomic mass is 19.4. The van der Waals surface area contributed by atoms with Crippen LogP contribution in [0.4, 0.5) is 18.9 Å². The van der Waals surface area contributed by atoms with E-state index >= 15 is 0 Å². The molecule has 1 aliphatic rings. The van der Waals surface area contributed by atoms with E-state index < -0.39 is 17.3 Å². The summed E-state index contributed by atoms with van der Waals surface area (Å²) in [6, 6.07) is 4.82. The molecule has 1 saturated heterocycles. The predicted molar refractivity (Wildman–Crippen MR) is 59.0 cm³/mol. The lowest BCUT2D eigenvalue weighted by molar-refractivity contribution is -0.137. The molecule has 3 nitrogen and oxygen atoms in total. The highest BCUT2D eigenvalue weighted by molar-refractivity contribution is 5.62. The molecule has 2 rings (SSSR count). The molecule has 0 bridgehead atoms. The third-order valence-corrected chi connectivity index (χ3v) is 2.85. The summed E-state index contributed by atoms with van der Waals surface area (Å²) in [5.74, 6) is 0. The van der Waals surface area contributed by atoms with Crippen molar-refractivity contribution in [3.05, 3.63) is 29.3 Å². The number of hydrogen-bond donors (Lipinski definition) is 1. The number of β-amino-alcohol motifs (C(OH)–C–C–N with tert-alkyl or cyclic N) is 1. The van der Waals surface area contributed by atoms with Gasteiger partial charge >= 0.3 is 6.18 Å². The topological polar surface area (TPSA) is 47.3 Å². The first-order chi connectivity index (χ1) is 8.23. The zero-order chi connectivity index (χ0) is 13.6. The average molecular weight is 256 g/mol. The third kappa shape index (κ3) is 2.27. The first kappa shape index (κ1) is 12.7. The van der Waals surface area contributed by atoms with Crippen LogP contribution in [0.2, 0.25) is 0 Å². The fraction of sp³-hybridized carbons (Fsp3) is 0.417. The predicted octanol–water partition coefficient (Wildman–Crippen LogP) is 2.15. The Balaban J connectivity index is 2.32. The lowest BCUT2D eigenvalue weighted by Crippen LogP contribution is -2.60. The summed E-state index contributed by atoms with van der Waals surface area (Å²) in [5.41, 5.74) is -1.28. The smallest absolute Gasteiger partial charge is 0.386 e. The van der Waals surface area contributed by atoms with Crippen LogP contribution in [-0.2, 0) is 6.18 Å². The van der Waals surface area contributed by atoms with Gasteiger partial charge in [-0.05, 0) is 25.1 Å². The molecule has 1 fully saturated rings. The van der Waals surface area contributed by atoms with E-state index in [0.717, 1.165) is 12.1 Å². The number of benzene rings is 1. The van der Waals surface area contributed by atoms with E-state index in [1.807, 2.05) is 0 Å². The molecule has 96 valence electrons. The molecule has 1 aromatic rings. The molecule has 0 aliphatic carbocycles. The maximum absolute atomic E-state index is 12.5. The van der Waals surface area contributed by atoms with Gasteiger partial charge in [0.1, 0.15) is 6.07 Å². The molecule has 0 aromatic heterocycles. The standard InChI is InChI=1S/C12H11F3N2O/c1-11(18)6-17(7-11)10-3-2-9(12(13,14)15)4-8(10)5-16/h2-4,18H,6-7H2,1H3. The molecule has 0 amide bonds. The number of anilines is 1. The van der Waals surface area contributed by atoms with Gasteiger partial charge in [0.15, 0.2) is 0 Å². The van der Waals surface area contributed by atoms with Gasteiger partial charge in [-0.3, -0.25) is 0 Å². The summed E-state index contributed by atoms with van der Waals surface area (Å²) in [5, 5.41) is 18.5. The van der Waals surface area contributed by atoms with E-state index in [9.17, 15) is 18.3 Å². The average Bonchev–Trinajstić information content (AvgIpc) is 2.23.